The molecule has 0 aromatic heterocycles. The van der Waals surface area contributed by atoms with Gasteiger partial charge in [0.25, 0.3) is 0 Å². The van der Waals surface area contributed by atoms with Gasteiger partial charge in [0.2, 0.25) is 0 Å². The summed E-state index contributed by atoms with van der Waals surface area (Å²) in [5.41, 5.74) is 0.197. The first-order valence-electron chi connectivity index (χ1n) is 5.51. The predicted molar refractivity (Wildman–Crippen MR) is 60.1 cm³/mol. The molecule has 1 aromatic rings. The molecule has 0 aliphatic heterocycles. The summed E-state index contributed by atoms with van der Waals surface area (Å²) in [6.07, 6.45) is -4.29. The Labute approximate surface area is 98.8 Å². The van der Waals surface area contributed by atoms with E-state index in [0.29, 0.717) is 12.4 Å². The van der Waals surface area contributed by atoms with E-state index in [1.807, 2.05) is 6.92 Å². The van der Waals surface area contributed by atoms with Gasteiger partial charge in [-0.15, -0.1) is 0 Å². The number of rotatable bonds is 5. The Morgan fingerprint density at radius 3 is 2.18 bits per heavy atom. The van der Waals surface area contributed by atoms with E-state index in [1.54, 1.807) is 19.1 Å². The minimum Gasteiger partial charge on any atom is -0.494 e. The van der Waals surface area contributed by atoms with Crippen LogP contribution in [0, 0.1) is 0 Å². The maximum atomic E-state index is 12.7. The molecule has 0 spiro atoms. The first-order chi connectivity index (χ1) is 7.99. The average Bonchev–Trinajstić information content (AvgIpc) is 2.26. The topological polar surface area (TPSA) is 21.3 Å². The lowest BCUT2D eigenvalue weighted by Crippen LogP contribution is -2.33. The van der Waals surface area contributed by atoms with Crippen molar-refractivity contribution < 1.29 is 17.9 Å². The zero-order valence-corrected chi connectivity index (χ0v) is 9.84. The smallest absolute Gasteiger partial charge is 0.407 e. The van der Waals surface area contributed by atoms with Crippen LogP contribution in [0.25, 0.3) is 0 Å². The van der Waals surface area contributed by atoms with Gasteiger partial charge in [-0.1, -0.05) is 19.1 Å². The van der Waals surface area contributed by atoms with Crippen molar-refractivity contribution in [1.29, 1.82) is 0 Å². The molecule has 1 atom stereocenters. The highest BCUT2D eigenvalue weighted by Gasteiger charge is 2.40. The molecule has 0 bridgehead atoms. The first-order valence-corrected chi connectivity index (χ1v) is 5.51. The lowest BCUT2D eigenvalue weighted by molar-refractivity contribution is -0.157. The van der Waals surface area contributed by atoms with Gasteiger partial charge < -0.3 is 10.1 Å². The van der Waals surface area contributed by atoms with E-state index in [2.05, 4.69) is 5.32 Å². The molecule has 1 N–H and O–H groups in total. The van der Waals surface area contributed by atoms with Crippen LogP contribution in [0.2, 0.25) is 0 Å². The number of benzene rings is 1. The SMILES string of the molecule is CCNC(c1ccc(OCC)cc1)C(F)(F)F. The second-order valence-electron chi connectivity index (χ2n) is 3.53. The molecule has 17 heavy (non-hydrogen) atoms. The van der Waals surface area contributed by atoms with E-state index in [-0.39, 0.29) is 12.1 Å². The number of hydrogen-bond donors (Lipinski definition) is 1. The van der Waals surface area contributed by atoms with Crippen LogP contribution in [0.4, 0.5) is 13.2 Å². The summed E-state index contributed by atoms with van der Waals surface area (Å²) in [5.74, 6) is 0.577. The van der Waals surface area contributed by atoms with Gasteiger partial charge in [-0.2, -0.15) is 13.2 Å². The normalized spacial score (nSPS) is 13.5. The zero-order chi connectivity index (χ0) is 12.9. The first kappa shape index (κ1) is 13.8. The van der Waals surface area contributed by atoms with Gasteiger partial charge in [0, 0.05) is 0 Å². The molecule has 0 aliphatic carbocycles. The van der Waals surface area contributed by atoms with Crippen LogP contribution in [0.15, 0.2) is 24.3 Å². The monoisotopic (exact) mass is 247 g/mol. The molecular weight excluding hydrogens is 231 g/mol. The summed E-state index contributed by atoms with van der Waals surface area (Å²) in [6.45, 7) is 4.23. The van der Waals surface area contributed by atoms with E-state index in [4.69, 9.17) is 4.74 Å². The fourth-order valence-electron chi connectivity index (χ4n) is 1.55. The third-order valence-corrected chi connectivity index (χ3v) is 2.26. The molecule has 0 amide bonds. The molecule has 1 aromatic carbocycles. The lowest BCUT2D eigenvalue weighted by atomic mass is 10.1. The molecule has 0 saturated carbocycles. The third kappa shape index (κ3) is 3.93. The van der Waals surface area contributed by atoms with Crippen LogP contribution >= 0.6 is 0 Å². The van der Waals surface area contributed by atoms with Crippen LogP contribution < -0.4 is 10.1 Å². The molecule has 5 heteroatoms. The lowest BCUT2D eigenvalue weighted by Gasteiger charge is -2.21. The Morgan fingerprint density at radius 1 is 1.18 bits per heavy atom. The van der Waals surface area contributed by atoms with E-state index >= 15 is 0 Å². The van der Waals surface area contributed by atoms with Crippen molar-refractivity contribution in [2.45, 2.75) is 26.1 Å². The zero-order valence-electron chi connectivity index (χ0n) is 9.84. The Morgan fingerprint density at radius 2 is 1.76 bits per heavy atom. The summed E-state index contributed by atoms with van der Waals surface area (Å²) in [5, 5.41) is 2.42. The standard InChI is InChI=1S/C12H16F3NO/c1-3-16-11(12(13,14)15)9-5-7-10(8-6-9)17-4-2/h5-8,11,16H,3-4H2,1-2H3. The number of halogens is 3. The van der Waals surface area contributed by atoms with Crippen LogP contribution in [0.5, 0.6) is 5.75 Å². The molecule has 96 valence electrons. The molecule has 0 aliphatic rings. The molecule has 0 saturated heterocycles. The predicted octanol–water partition coefficient (Wildman–Crippen LogP) is 3.30. The van der Waals surface area contributed by atoms with E-state index in [1.165, 1.54) is 12.1 Å². The van der Waals surface area contributed by atoms with Gasteiger partial charge in [-0.05, 0) is 31.2 Å². The Hall–Kier alpha value is -1.23. The summed E-state index contributed by atoms with van der Waals surface area (Å²) < 4.78 is 43.4. The van der Waals surface area contributed by atoms with Gasteiger partial charge in [-0.3, -0.25) is 0 Å². The third-order valence-electron chi connectivity index (χ3n) is 2.26. The average molecular weight is 247 g/mol. The highest BCUT2D eigenvalue weighted by atomic mass is 19.4. The van der Waals surface area contributed by atoms with Gasteiger partial charge in [0.05, 0.1) is 6.61 Å². The fourth-order valence-corrected chi connectivity index (χ4v) is 1.55. The summed E-state index contributed by atoms with van der Waals surface area (Å²) in [7, 11) is 0. The number of nitrogens with one attached hydrogen (secondary N) is 1. The van der Waals surface area contributed by atoms with Gasteiger partial charge in [-0.25, -0.2) is 0 Å². The maximum absolute atomic E-state index is 12.7. The molecule has 1 rings (SSSR count). The van der Waals surface area contributed by atoms with E-state index in [9.17, 15) is 13.2 Å². The molecule has 2 nitrogen and oxygen atoms in total. The van der Waals surface area contributed by atoms with Gasteiger partial charge >= 0.3 is 6.18 Å². The fraction of sp³-hybridized carbons (Fsp3) is 0.500. The number of alkyl halides is 3. The van der Waals surface area contributed by atoms with Crippen LogP contribution in [-0.2, 0) is 0 Å². The van der Waals surface area contributed by atoms with Crippen molar-refractivity contribution in [2.24, 2.45) is 0 Å². The van der Waals surface area contributed by atoms with Crippen molar-refractivity contribution in [1.82, 2.24) is 5.32 Å². The largest absolute Gasteiger partial charge is 0.494 e. The van der Waals surface area contributed by atoms with Crippen molar-refractivity contribution in [3.63, 3.8) is 0 Å². The maximum Gasteiger partial charge on any atom is 0.407 e. The minimum absolute atomic E-state index is 0.197. The minimum atomic E-state index is -4.29. The number of ether oxygens (including phenoxy) is 1. The highest BCUT2D eigenvalue weighted by Crippen LogP contribution is 2.33. The molecule has 0 heterocycles. The van der Waals surface area contributed by atoms with Crippen LogP contribution in [0.3, 0.4) is 0 Å². The Kier molecular flexibility index (Phi) is 4.81. The van der Waals surface area contributed by atoms with Crippen LogP contribution in [-0.4, -0.2) is 19.3 Å². The molecular formula is C12H16F3NO. The highest BCUT2D eigenvalue weighted by molar-refractivity contribution is 5.29. The van der Waals surface area contributed by atoms with Gasteiger partial charge in [0.1, 0.15) is 11.8 Å². The Balaban J connectivity index is 2.87. The molecule has 1 unspecified atom stereocenters. The van der Waals surface area contributed by atoms with Crippen LogP contribution in [0.1, 0.15) is 25.5 Å². The summed E-state index contributed by atoms with van der Waals surface area (Å²) in [6, 6.07) is 4.35. The summed E-state index contributed by atoms with van der Waals surface area (Å²) >= 11 is 0. The summed E-state index contributed by atoms with van der Waals surface area (Å²) in [4.78, 5) is 0. The molecule has 0 radical (unpaired) electrons. The van der Waals surface area contributed by atoms with Crippen molar-refractivity contribution in [2.75, 3.05) is 13.2 Å². The second-order valence-corrected chi connectivity index (χ2v) is 3.53. The Bertz CT molecular complexity index is 335. The van der Waals surface area contributed by atoms with E-state index in [0.717, 1.165) is 0 Å². The second kappa shape index (κ2) is 5.91. The van der Waals surface area contributed by atoms with Crippen molar-refractivity contribution >= 4 is 0 Å². The van der Waals surface area contributed by atoms with E-state index < -0.39 is 12.2 Å². The van der Waals surface area contributed by atoms with Crippen molar-refractivity contribution in [3.05, 3.63) is 29.8 Å². The van der Waals surface area contributed by atoms with Crippen molar-refractivity contribution in [3.8, 4) is 5.75 Å². The number of hydrogen-bond acceptors (Lipinski definition) is 2. The van der Waals surface area contributed by atoms with Gasteiger partial charge in [0.15, 0.2) is 0 Å². The quantitative estimate of drug-likeness (QED) is 0.862. The molecule has 0 fully saturated rings.